The average Bonchev–Trinajstić information content (AvgIpc) is 2.50. The maximum absolute atomic E-state index is 12.2. The largest absolute Gasteiger partial charge is 0.494 e. The molecule has 0 unspecified atom stereocenters. The van der Waals surface area contributed by atoms with Crippen molar-refractivity contribution in [1.29, 1.82) is 0 Å². The number of nitrogens with one attached hydrogen (secondary N) is 1. The van der Waals surface area contributed by atoms with Crippen molar-refractivity contribution >= 4 is 23.4 Å². The third kappa shape index (κ3) is 4.73. The minimum absolute atomic E-state index is 0.266. The summed E-state index contributed by atoms with van der Waals surface area (Å²) in [5.74, 6) is -2.02. The maximum Gasteiger partial charge on any atom is 0.288 e. The van der Waals surface area contributed by atoms with Crippen LogP contribution in [0.5, 0.6) is 5.75 Å². The molecule has 1 N–H and O–H groups in total. The number of benzene rings is 2. The Morgan fingerprint density at radius 2 is 1.77 bits per heavy atom. The van der Waals surface area contributed by atoms with Crippen LogP contribution in [0.1, 0.15) is 17.3 Å². The van der Waals surface area contributed by atoms with Crippen molar-refractivity contribution in [2.24, 2.45) is 0 Å². The maximum atomic E-state index is 12.2. The number of alkyl halides is 2. The lowest BCUT2D eigenvalue weighted by Crippen LogP contribution is -2.11. The molecule has 0 atom stereocenters. The van der Waals surface area contributed by atoms with Gasteiger partial charge in [-0.3, -0.25) is 4.79 Å². The molecule has 0 aliphatic rings. The molecule has 0 radical (unpaired) electrons. The van der Waals surface area contributed by atoms with Crippen LogP contribution in [0.4, 0.5) is 14.5 Å². The fraction of sp³-hybridized carbons (Fsp3) is 0.188. The molecular weight excluding hydrogens is 308 g/mol. The molecule has 6 heteroatoms. The molecule has 0 saturated carbocycles. The van der Waals surface area contributed by atoms with E-state index in [0.29, 0.717) is 40.3 Å². The summed E-state index contributed by atoms with van der Waals surface area (Å²) in [7, 11) is 0. The Balaban J connectivity index is 1.99. The smallest absolute Gasteiger partial charge is 0.288 e. The van der Waals surface area contributed by atoms with Gasteiger partial charge in [0.05, 0.1) is 6.61 Å². The zero-order valence-corrected chi connectivity index (χ0v) is 12.7. The van der Waals surface area contributed by atoms with E-state index < -0.39 is 5.76 Å². The van der Waals surface area contributed by atoms with Crippen LogP contribution in [0.25, 0.3) is 0 Å². The number of hydrogen-bond donors (Lipinski definition) is 1. The first-order valence-electron chi connectivity index (χ1n) is 6.67. The minimum Gasteiger partial charge on any atom is -0.494 e. The number of rotatable bonds is 6. The van der Waals surface area contributed by atoms with Crippen LogP contribution < -0.4 is 10.1 Å². The van der Waals surface area contributed by atoms with Crippen molar-refractivity contribution in [1.82, 2.24) is 0 Å². The molecule has 3 nitrogen and oxygen atoms in total. The highest BCUT2D eigenvalue weighted by atomic mass is 32.2. The van der Waals surface area contributed by atoms with Crippen LogP contribution in [0.15, 0.2) is 53.4 Å². The summed E-state index contributed by atoms with van der Waals surface area (Å²) in [6.45, 7) is 2.45. The highest BCUT2D eigenvalue weighted by Gasteiger charge is 2.08. The topological polar surface area (TPSA) is 38.3 Å². The number of hydrogen-bond acceptors (Lipinski definition) is 3. The Hall–Kier alpha value is -2.08. The predicted molar refractivity (Wildman–Crippen MR) is 83.9 cm³/mol. The van der Waals surface area contributed by atoms with Crippen LogP contribution in [-0.4, -0.2) is 18.3 Å². The third-order valence-corrected chi connectivity index (χ3v) is 3.49. The molecule has 0 bridgehead atoms. The molecule has 0 aliphatic heterocycles. The Bertz CT molecular complexity index is 615. The van der Waals surface area contributed by atoms with E-state index in [0.717, 1.165) is 0 Å². The molecule has 1 amide bonds. The summed E-state index contributed by atoms with van der Waals surface area (Å²) in [6, 6.07) is 13.1. The van der Waals surface area contributed by atoms with Crippen molar-refractivity contribution < 1.29 is 18.3 Å². The molecule has 2 rings (SSSR count). The molecule has 22 heavy (non-hydrogen) atoms. The van der Waals surface area contributed by atoms with Gasteiger partial charge in [-0.1, -0.05) is 11.8 Å². The molecular formula is C16H15F2NO2S. The van der Waals surface area contributed by atoms with Gasteiger partial charge in [0.25, 0.3) is 11.7 Å². The summed E-state index contributed by atoms with van der Waals surface area (Å²) in [5, 5.41) is 2.71. The molecule has 0 aliphatic carbocycles. The quantitative estimate of drug-likeness (QED) is 0.786. The first-order valence-corrected chi connectivity index (χ1v) is 7.55. The number of carbonyl (C=O) groups is 1. The third-order valence-electron chi connectivity index (χ3n) is 2.76. The van der Waals surface area contributed by atoms with Crippen LogP contribution in [0.2, 0.25) is 0 Å². The van der Waals surface area contributed by atoms with Gasteiger partial charge in [0.15, 0.2) is 0 Å². The average molecular weight is 323 g/mol. The van der Waals surface area contributed by atoms with E-state index in [2.05, 4.69) is 5.32 Å². The summed E-state index contributed by atoms with van der Waals surface area (Å²) >= 11 is 0.469. The Morgan fingerprint density at radius 1 is 1.14 bits per heavy atom. The van der Waals surface area contributed by atoms with Crippen LogP contribution >= 0.6 is 11.8 Å². The van der Waals surface area contributed by atoms with E-state index in [-0.39, 0.29) is 5.91 Å². The summed E-state index contributed by atoms with van der Waals surface area (Å²) in [6.07, 6.45) is 0. The molecule has 0 fully saturated rings. The van der Waals surface area contributed by atoms with Gasteiger partial charge in [0.1, 0.15) is 5.75 Å². The standard InChI is InChI=1S/C16H15F2NO2S/c1-2-21-13-7-3-11(4-8-13)15(20)19-12-5-9-14(10-6-12)22-16(17)18/h3-10,16H,2H2,1H3,(H,19,20). The lowest BCUT2D eigenvalue weighted by molar-refractivity contribution is 0.102. The lowest BCUT2D eigenvalue weighted by atomic mass is 10.2. The van der Waals surface area contributed by atoms with Gasteiger partial charge in [-0.2, -0.15) is 8.78 Å². The summed E-state index contributed by atoms with van der Waals surface area (Å²) < 4.78 is 29.8. The van der Waals surface area contributed by atoms with Gasteiger partial charge in [-0.25, -0.2) is 0 Å². The molecule has 0 heterocycles. The van der Waals surface area contributed by atoms with Crippen LogP contribution in [0, 0.1) is 0 Å². The van der Waals surface area contributed by atoms with Crippen molar-refractivity contribution in [2.75, 3.05) is 11.9 Å². The van der Waals surface area contributed by atoms with E-state index in [4.69, 9.17) is 4.74 Å². The number of carbonyl (C=O) groups excluding carboxylic acids is 1. The molecule has 0 spiro atoms. The monoisotopic (exact) mass is 323 g/mol. The Labute approximate surface area is 131 Å². The first kappa shape index (κ1) is 16.3. The molecule has 2 aromatic rings. The first-order chi connectivity index (χ1) is 10.6. The number of anilines is 1. The normalized spacial score (nSPS) is 10.5. The van der Waals surface area contributed by atoms with Gasteiger partial charge in [0.2, 0.25) is 0 Å². The highest BCUT2D eigenvalue weighted by molar-refractivity contribution is 7.99. The number of thioether (sulfide) groups is 1. The SMILES string of the molecule is CCOc1ccc(C(=O)Nc2ccc(SC(F)F)cc2)cc1. The van der Waals surface area contributed by atoms with Crippen molar-refractivity contribution in [3.8, 4) is 5.75 Å². The highest BCUT2D eigenvalue weighted by Crippen LogP contribution is 2.26. The van der Waals surface area contributed by atoms with E-state index in [1.54, 1.807) is 48.5 Å². The van der Waals surface area contributed by atoms with E-state index >= 15 is 0 Å². The van der Waals surface area contributed by atoms with Gasteiger partial charge in [0, 0.05) is 16.1 Å². The van der Waals surface area contributed by atoms with Crippen molar-refractivity contribution in [3.05, 3.63) is 54.1 Å². The summed E-state index contributed by atoms with van der Waals surface area (Å²) in [4.78, 5) is 12.5. The molecule has 116 valence electrons. The van der Waals surface area contributed by atoms with Gasteiger partial charge >= 0.3 is 0 Å². The number of halogens is 2. The second-order valence-corrected chi connectivity index (χ2v) is 5.38. The van der Waals surface area contributed by atoms with E-state index in [1.807, 2.05) is 6.92 Å². The second kappa shape index (κ2) is 7.79. The zero-order valence-electron chi connectivity index (χ0n) is 11.9. The zero-order chi connectivity index (χ0) is 15.9. The van der Waals surface area contributed by atoms with E-state index in [9.17, 15) is 13.6 Å². The summed E-state index contributed by atoms with van der Waals surface area (Å²) in [5.41, 5.74) is 1.05. The minimum atomic E-state index is -2.45. The van der Waals surface area contributed by atoms with Crippen molar-refractivity contribution in [2.45, 2.75) is 17.6 Å². The lowest BCUT2D eigenvalue weighted by Gasteiger charge is -2.07. The molecule has 0 aromatic heterocycles. The van der Waals surface area contributed by atoms with Gasteiger partial charge < -0.3 is 10.1 Å². The number of ether oxygens (including phenoxy) is 1. The van der Waals surface area contributed by atoms with Crippen molar-refractivity contribution in [3.63, 3.8) is 0 Å². The Morgan fingerprint density at radius 3 is 2.32 bits per heavy atom. The predicted octanol–water partition coefficient (Wildman–Crippen LogP) is 4.65. The van der Waals surface area contributed by atoms with Gasteiger partial charge in [-0.05, 0) is 55.5 Å². The van der Waals surface area contributed by atoms with Gasteiger partial charge in [-0.15, -0.1) is 0 Å². The fourth-order valence-corrected chi connectivity index (χ4v) is 2.29. The van der Waals surface area contributed by atoms with Crippen LogP contribution in [-0.2, 0) is 0 Å². The second-order valence-electron chi connectivity index (χ2n) is 4.31. The van der Waals surface area contributed by atoms with Crippen LogP contribution in [0.3, 0.4) is 0 Å². The van der Waals surface area contributed by atoms with E-state index in [1.165, 1.54) is 0 Å². The number of amides is 1. The molecule has 2 aromatic carbocycles. The Kier molecular flexibility index (Phi) is 5.77. The fourth-order valence-electron chi connectivity index (χ4n) is 1.79. The molecule has 0 saturated heterocycles.